The van der Waals surface area contributed by atoms with E-state index >= 15 is 0 Å². The Morgan fingerprint density at radius 1 is 1.12 bits per heavy atom. The van der Waals surface area contributed by atoms with Gasteiger partial charge in [-0.25, -0.2) is 8.78 Å². The molecule has 1 aliphatic heterocycles. The Hall–Kier alpha value is -3.26. The number of halogens is 2. The van der Waals surface area contributed by atoms with Gasteiger partial charge in [0.2, 0.25) is 5.88 Å². The first kappa shape index (κ1) is 22.9. The van der Waals surface area contributed by atoms with Gasteiger partial charge >= 0.3 is 0 Å². The van der Waals surface area contributed by atoms with Gasteiger partial charge in [-0.05, 0) is 49.7 Å². The summed E-state index contributed by atoms with van der Waals surface area (Å²) >= 11 is 0. The van der Waals surface area contributed by atoms with Crippen LogP contribution in [0.25, 0.3) is 11.3 Å². The van der Waals surface area contributed by atoms with E-state index in [0.29, 0.717) is 61.0 Å². The number of hydrogen-bond acceptors (Lipinski definition) is 5. The summed E-state index contributed by atoms with van der Waals surface area (Å²) < 4.78 is 39.3. The Morgan fingerprint density at radius 2 is 1.82 bits per heavy atom. The summed E-state index contributed by atoms with van der Waals surface area (Å²) in [6.07, 6.45) is 0.708. The molecule has 1 saturated heterocycles. The first-order chi connectivity index (χ1) is 16.0. The molecule has 2 aromatic carbocycles. The smallest absolute Gasteiger partial charge is 0.254 e. The largest absolute Gasteiger partial charge is 0.378 e. The van der Waals surface area contributed by atoms with Gasteiger partial charge in [0.25, 0.3) is 5.91 Å². The van der Waals surface area contributed by atoms with Crippen molar-refractivity contribution in [3.63, 3.8) is 0 Å². The molecule has 0 spiro atoms. The molecule has 2 heterocycles. The molecule has 0 radical (unpaired) electrons. The number of amides is 1. The summed E-state index contributed by atoms with van der Waals surface area (Å²) in [6.45, 7) is 6.40. The third-order valence-corrected chi connectivity index (χ3v) is 6.00. The molecule has 1 fully saturated rings. The molecule has 8 heteroatoms. The maximum atomic E-state index is 14.7. The van der Waals surface area contributed by atoms with Gasteiger partial charge in [0, 0.05) is 30.3 Å². The maximum Gasteiger partial charge on any atom is 0.254 e. The van der Waals surface area contributed by atoms with Crippen LogP contribution < -0.4 is 4.90 Å². The van der Waals surface area contributed by atoms with Gasteiger partial charge < -0.3 is 19.1 Å². The third kappa shape index (κ3) is 4.90. The number of carbonyl (C=O) groups is 1. The molecule has 1 aliphatic rings. The highest BCUT2D eigenvalue weighted by Crippen LogP contribution is 2.35. The summed E-state index contributed by atoms with van der Waals surface area (Å²) in [5, 5.41) is 4.22. The molecule has 174 valence electrons. The lowest BCUT2D eigenvalue weighted by atomic mass is 10.0. The summed E-state index contributed by atoms with van der Waals surface area (Å²) in [5.41, 5.74) is 1.70. The lowest BCUT2D eigenvalue weighted by molar-refractivity contribution is 0.0671. The van der Waals surface area contributed by atoms with Gasteiger partial charge in [-0.1, -0.05) is 24.2 Å². The second kappa shape index (κ2) is 10.1. The number of nitrogens with zero attached hydrogens (tertiary/aromatic N) is 3. The monoisotopic (exact) mass is 455 g/mol. The number of benzene rings is 2. The predicted molar refractivity (Wildman–Crippen MR) is 121 cm³/mol. The molecule has 0 saturated carbocycles. The third-order valence-electron chi connectivity index (χ3n) is 6.00. The summed E-state index contributed by atoms with van der Waals surface area (Å²) in [4.78, 5) is 17.1. The van der Waals surface area contributed by atoms with Gasteiger partial charge in [-0.3, -0.25) is 4.79 Å². The predicted octanol–water partition coefficient (Wildman–Crippen LogP) is 4.90. The van der Waals surface area contributed by atoms with Crippen molar-refractivity contribution in [1.29, 1.82) is 0 Å². The van der Waals surface area contributed by atoms with Gasteiger partial charge in [-0.2, -0.15) is 0 Å². The second-order valence-electron chi connectivity index (χ2n) is 8.09. The van der Waals surface area contributed by atoms with Crippen molar-refractivity contribution in [2.75, 3.05) is 31.2 Å². The summed E-state index contributed by atoms with van der Waals surface area (Å²) in [6, 6.07) is 11.7. The second-order valence-corrected chi connectivity index (χ2v) is 8.09. The number of hydrogen-bond donors (Lipinski definition) is 0. The number of carbonyl (C=O) groups excluding carboxylic acids is 1. The van der Waals surface area contributed by atoms with Gasteiger partial charge in [-0.15, -0.1) is 0 Å². The van der Waals surface area contributed by atoms with Crippen LogP contribution in [0.3, 0.4) is 0 Å². The van der Waals surface area contributed by atoms with Crippen molar-refractivity contribution in [2.24, 2.45) is 0 Å². The van der Waals surface area contributed by atoms with E-state index in [-0.39, 0.29) is 18.5 Å². The molecule has 3 aromatic rings. The normalized spacial score (nSPS) is 14.8. The first-order valence-corrected chi connectivity index (χ1v) is 11.1. The average molecular weight is 456 g/mol. The minimum absolute atomic E-state index is 0.122. The lowest BCUT2D eigenvalue weighted by Gasteiger charge is -2.31. The van der Waals surface area contributed by atoms with Gasteiger partial charge in [0.15, 0.2) is 0 Å². The maximum absolute atomic E-state index is 14.7. The highest BCUT2D eigenvalue weighted by atomic mass is 19.1. The highest BCUT2D eigenvalue weighted by Gasteiger charge is 2.30. The zero-order valence-electron chi connectivity index (χ0n) is 18.8. The van der Waals surface area contributed by atoms with Crippen molar-refractivity contribution in [2.45, 2.75) is 32.9 Å². The fourth-order valence-electron chi connectivity index (χ4n) is 3.90. The number of ether oxygens (including phenoxy) is 1. The molecular weight excluding hydrogens is 428 g/mol. The Labute approximate surface area is 191 Å². The number of aromatic nitrogens is 1. The fourth-order valence-corrected chi connectivity index (χ4v) is 3.90. The van der Waals surface area contributed by atoms with Crippen LogP contribution in [-0.2, 0) is 11.3 Å². The van der Waals surface area contributed by atoms with Crippen LogP contribution in [0.1, 0.15) is 36.2 Å². The van der Waals surface area contributed by atoms with E-state index in [1.807, 2.05) is 18.7 Å². The quantitative estimate of drug-likeness (QED) is 0.507. The van der Waals surface area contributed by atoms with E-state index in [2.05, 4.69) is 5.16 Å². The number of rotatable bonds is 7. The van der Waals surface area contributed by atoms with Crippen LogP contribution in [0.5, 0.6) is 0 Å². The molecule has 1 atom stereocenters. The van der Waals surface area contributed by atoms with Crippen LogP contribution >= 0.6 is 0 Å². The number of anilines is 1. The zero-order chi connectivity index (χ0) is 23.4. The molecule has 33 heavy (non-hydrogen) atoms. The fraction of sp³-hybridized carbons (Fsp3) is 0.360. The summed E-state index contributed by atoms with van der Waals surface area (Å²) in [7, 11) is 0. The van der Waals surface area contributed by atoms with Crippen LogP contribution in [0.15, 0.2) is 53.1 Å². The molecule has 4 rings (SSSR count). The van der Waals surface area contributed by atoms with E-state index in [9.17, 15) is 13.6 Å². The Kier molecular flexibility index (Phi) is 7.03. The molecule has 1 amide bonds. The molecule has 6 nitrogen and oxygen atoms in total. The Bertz CT molecular complexity index is 1090. The standard InChI is InChI=1S/C25H27F2N3O3/c1-3-17(2)30(24(31)18-8-10-19(26)11-9-18)16-21-23(20-6-4-5-7-22(20)27)28-33-25(21)29-12-14-32-15-13-29/h4-11,17H,3,12-16H2,1-2H3/t17-/m1/s1. The summed E-state index contributed by atoms with van der Waals surface area (Å²) in [5.74, 6) is -0.549. The van der Waals surface area contributed by atoms with Crippen molar-refractivity contribution in [3.8, 4) is 11.3 Å². The van der Waals surface area contributed by atoms with Crippen molar-refractivity contribution in [3.05, 3.63) is 71.3 Å². The van der Waals surface area contributed by atoms with E-state index in [4.69, 9.17) is 9.26 Å². The minimum atomic E-state index is -0.416. The molecule has 0 aliphatic carbocycles. The minimum Gasteiger partial charge on any atom is -0.378 e. The molecule has 0 unspecified atom stereocenters. The zero-order valence-corrected chi connectivity index (χ0v) is 18.8. The topological polar surface area (TPSA) is 58.8 Å². The lowest BCUT2D eigenvalue weighted by Crippen LogP contribution is -2.39. The van der Waals surface area contributed by atoms with Crippen LogP contribution in [-0.4, -0.2) is 48.3 Å². The molecule has 0 bridgehead atoms. The van der Waals surface area contributed by atoms with Crippen molar-refractivity contribution < 1.29 is 22.8 Å². The highest BCUT2D eigenvalue weighted by molar-refractivity contribution is 5.94. The number of morpholine rings is 1. The van der Waals surface area contributed by atoms with Crippen molar-refractivity contribution >= 4 is 11.8 Å². The van der Waals surface area contributed by atoms with Crippen LogP contribution in [0.2, 0.25) is 0 Å². The molecular formula is C25H27F2N3O3. The van der Waals surface area contributed by atoms with Gasteiger partial charge in [0.1, 0.15) is 17.3 Å². The van der Waals surface area contributed by atoms with E-state index in [0.717, 1.165) is 0 Å². The molecule has 0 N–H and O–H groups in total. The van der Waals surface area contributed by atoms with E-state index in [1.54, 1.807) is 23.1 Å². The average Bonchev–Trinajstić information content (AvgIpc) is 3.26. The Balaban J connectivity index is 1.76. The first-order valence-electron chi connectivity index (χ1n) is 11.1. The van der Waals surface area contributed by atoms with E-state index < -0.39 is 11.6 Å². The van der Waals surface area contributed by atoms with Gasteiger partial charge in [0.05, 0.1) is 25.3 Å². The van der Waals surface area contributed by atoms with Crippen LogP contribution in [0, 0.1) is 11.6 Å². The van der Waals surface area contributed by atoms with E-state index in [1.165, 1.54) is 30.3 Å². The van der Waals surface area contributed by atoms with Crippen molar-refractivity contribution in [1.82, 2.24) is 10.1 Å². The Morgan fingerprint density at radius 3 is 2.48 bits per heavy atom. The van der Waals surface area contributed by atoms with Crippen LogP contribution in [0.4, 0.5) is 14.7 Å². The molecule has 1 aromatic heterocycles. The SMILES string of the molecule is CC[C@@H](C)N(Cc1c(-c2ccccc2F)noc1N1CCOCC1)C(=O)c1ccc(F)cc1.